The number of hydrogen-bond acceptors (Lipinski definition) is 3. The summed E-state index contributed by atoms with van der Waals surface area (Å²) in [4.78, 5) is 27.0. The molecule has 0 bridgehead atoms. The van der Waals surface area contributed by atoms with E-state index in [4.69, 9.17) is 0 Å². The van der Waals surface area contributed by atoms with Crippen molar-refractivity contribution in [3.63, 3.8) is 0 Å². The second kappa shape index (κ2) is 13.8. The molecular weight excluding hydrogens is 457 g/mol. The van der Waals surface area contributed by atoms with Crippen molar-refractivity contribution in [3.05, 3.63) is 131 Å². The molecule has 0 radical (unpaired) electrons. The predicted molar refractivity (Wildman–Crippen MR) is 137 cm³/mol. The third-order valence-corrected chi connectivity index (χ3v) is 6.10. The summed E-state index contributed by atoms with van der Waals surface area (Å²) in [5.41, 5.74) is 4.66. The van der Waals surface area contributed by atoms with Crippen molar-refractivity contribution in [1.82, 2.24) is 4.90 Å². The van der Waals surface area contributed by atoms with Gasteiger partial charge in [-0.2, -0.15) is 0 Å². The molecule has 0 atom stereocenters. The maximum Gasteiger partial charge on any atom is 1.00 e. The van der Waals surface area contributed by atoms with Crippen LogP contribution in [0, 0.1) is 0 Å². The molecule has 0 aliphatic carbocycles. The molecule has 0 saturated heterocycles. The molecule has 0 aromatic heterocycles. The van der Waals surface area contributed by atoms with Crippen molar-refractivity contribution in [2.24, 2.45) is 0 Å². The molecule has 0 aliphatic rings. The van der Waals surface area contributed by atoms with E-state index in [1.165, 1.54) is 5.56 Å². The molecule has 1 amide bonds. The van der Waals surface area contributed by atoms with E-state index in [0.717, 1.165) is 29.5 Å². The Balaban J connectivity index is 0.00000361. The number of benzene rings is 4. The number of amides is 1. The van der Waals surface area contributed by atoms with E-state index in [2.05, 4.69) is 12.1 Å². The summed E-state index contributed by atoms with van der Waals surface area (Å²) in [6, 6.07) is 34.5. The van der Waals surface area contributed by atoms with E-state index in [9.17, 15) is 14.7 Å². The van der Waals surface area contributed by atoms with Gasteiger partial charge >= 0.3 is 29.6 Å². The molecule has 176 valence electrons. The molecule has 0 heterocycles. The fraction of sp³-hybridized carbons (Fsp3) is 0.161. The van der Waals surface area contributed by atoms with Gasteiger partial charge in [0.2, 0.25) is 5.91 Å². The molecule has 0 aliphatic heterocycles. The average molecular weight is 486 g/mol. The average Bonchev–Trinajstić information content (AvgIpc) is 2.89. The second-order valence-corrected chi connectivity index (χ2v) is 8.56. The molecule has 5 heteroatoms. The fourth-order valence-corrected chi connectivity index (χ4v) is 4.32. The van der Waals surface area contributed by atoms with Crippen LogP contribution in [0.15, 0.2) is 109 Å². The van der Waals surface area contributed by atoms with Crippen molar-refractivity contribution >= 4 is 11.9 Å². The number of carboxylic acid groups (broad SMARTS) is 1. The van der Waals surface area contributed by atoms with E-state index in [1.807, 2.05) is 83.8 Å². The van der Waals surface area contributed by atoms with Crippen molar-refractivity contribution in [1.29, 1.82) is 0 Å². The number of aromatic carboxylic acids is 1. The normalized spacial score (nSPS) is 10.3. The zero-order chi connectivity index (χ0) is 24.5. The third-order valence-electron chi connectivity index (χ3n) is 6.10. The van der Waals surface area contributed by atoms with Crippen molar-refractivity contribution < 1.29 is 44.3 Å². The first kappa shape index (κ1) is 27.4. The monoisotopic (exact) mass is 485 g/mol. The van der Waals surface area contributed by atoms with E-state index >= 15 is 0 Å². The van der Waals surface area contributed by atoms with Gasteiger partial charge in [-0.05, 0) is 40.7 Å². The SMILES string of the molecule is O=C([O-])c1ccccc1-c1ccccc1CN(CCCc1ccccc1)C(=O)Cc1ccccc1.[Na+]. The van der Waals surface area contributed by atoms with Gasteiger partial charge in [0.15, 0.2) is 0 Å². The Labute approximate surface area is 234 Å². The number of aryl methyl sites for hydroxylation is 1. The Morgan fingerprint density at radius 1 is 0.667 bits per heavy atom. The van der Waals surface area contributed by atoms with Gasteiger partial charge < -0.3 is 14.8 Å². The number of carboxylic acids is 1. The Morgan fingerprint density at radius 3 is 1.89 bits per heavy atom. The quantitative estimate of drug-likeness (QED) is 0.323. The fourth-order valence-electron chi connectivity index (χ4n) is 4.32. The Morgan fingerprint density at radius 2 is 1.22 bits per heavy atom. The molecular formula is C31H28NNaO3. The summed E-state index contributed by atoms with van der Waals surface area (Å²) in [5.74, 6) is -1.16. The number of carbonyl (C=O) groups is 2. The van der Waals surface area contributed by atoms with Crippen LogP contribution in [0.2, 0.25) is 0 Å². The van der Waals surface area contributed by atoms with E-state index in [0.29, 0.717) is 25.1 Å². The minimum atomic E-state index is -1.21. The zero-order valence-electron chi connectivity index (χ0n) is 20.6. The summed E-state index contributed by atoms with van der Waals surface area (Å²) in [7, 11) is 0. The van der Waals surface area contributed by atoms with Crippen LogP contribution in [0.25, 0.3) is 11.1 Å². The Bertz CT molecular complexity index is 1280. The Hall–Kier alpha value is -3.18. The first-order chi connectivity index (χ1) is 17.1. The van der Waals surface area contributed by atoms with Crippen LogP contribution >= 0.6 is 0 Å². The zero-order valence-corrected chi connectivity index (χ0v) is 22.6. The second-order valence-electron chi connectivity index (χ2n) is 8.56. The third kappa shape index (κ3) is 7.41. The van der Waals surface area contributed by atoms with Crippen LogP contribution in [-0.4, -0.2) is 23.3 Å². The van der Waals surface area contributed by atoms with Gasteiger partial charge in [-0.1, -0.05) is 109 Å². The van der Waals surface area contributed by atoms with Crippen LogP contribution in [0.4, 0.5) is 0 Å². The van der Waals surface area contributed by atoms with E-state index in [1.54, 1.807) is 18.2 Å². The molecule has 0 N–H and O–H groups in total. The van der Waals surface area contributed by atoms with Gasteiger partial charge in [0.05, 0.1) is 12.4 Å². The van der Waals surface area contributed by atoms with Gasteiger partial charge in [0, 0.05) is 18.7 Å². The van der Waals surface area contributed by atoms with Crippen LogP contribution in [-0.2, 0) is 24.2 Å². The number of hydrogen-bond donors (Lipinski definition) is 0. The number of carbonyl (C=O) groups excluding carboxylic acids is 2. The molecule has 4 aromatic rings. The predicted octanol–water partition coefficient (Wildman–Crippen LogP) is 1.93. The van der Waals surface area contributed by atoms with Gasteiger partial charge in [-0.25, -0.2) is 0 Å². The molecule has 0 unspecified atom stereocenters. The summed E-state index contributed by atoms with van der Waals surface area (Å²) in [5, 5.41) is 11.7. The molecule has 0 fully saturated rings. The maximum atomic E-state index is 13.4. The summed E-state index contributed by atoms with van der Waals surface area (Å²) in [6.07, 6.45) is 2.04. The minimum Gasteiger partial charge on any atom is -0.545 e. The number of rotatable bonds is 10. The molecule has 36 heavy (non-hydrogen) atoms. The van der Waals surface area contributed by atoms with Crippen LogP contribution in [0.3, 0.4) is 0 Å². The summed E-state index contributed by atoms with van der Waals surface area (Å²) in [6.45, 7) is 1.01. The molecule has 0 saturated carbocycles. The summed E-state index contributed by atoms with van der Waals surface area (Å²) >= 11 is 0. The van der Waals surface area contributed by atoms with Gasteiger partial charge in [-0.15, -0.1) is 0 Å². The Kier molecular flexibility index (Phi) is 10.5. The van der Waals surface area contributed by atoms with Gasteiger partial charge in [0.25, 0.3) is 0 Å². The maximum absolute atomic E-state index is 13.4. The van der Waals surface area contributed by atoms with Crippen LogP contribution < -0.4 is 34.7 Å². The first-order valence-electron chi connectivity index (χ1n) is 11.9. The van der Waals surface area contributed by atoms with Crippen LogP contribution in [0.5, 0.6) is 0 Å². The van der Waals surface area contributed by atoms with E-state index in [-0.39, 0.29) is 41.0 Å². The smallest absolute Gasteiger partial charge is 0.545 e. The minimum absolute atomic E-state index is 0. The molecule has 4 nitrogen and oxygen atoms in total. The molecule has 4 rings (SSSR count). The first-order valence-corrected chi connectivity index (χ1v) is 11.9. The van der Waals surface area contributed by atoms with Crippen molar-refractivity contribution in [3.8, 4) is 11.1 Å². The van der Waals surface area contributed by atoms with E-state index < -0.39 is 5.97 Å². The summed E-state index contributed by atoms with van der Waals surface area (Å²) < 4.78 is 0. The molecule has 4 aromatic carbocycles. The standard InChI is InChI=1S/C31H29NO3.Na/c33-30(22-25-14-5-2-6-15-25)32(21-11-16-24-12-3-1-4-13-24)23-26-17-7-8-18-27(26)28-19-9-10-20-29(28)31(34)35;/h1-10,12-15,17-20H,11,16,21-23H2,(H,34,35);/q;+1/p-1. The van der Waals surface area contributed by atoms with Crippen molar-refractivity contribution in [2.75, 3.05) is 6.54 Å². The van der Waals surface area contributed by atoms with Crippen molar-refractivity contribution in [2.45, 2.75) is 25.8 Å². The van der Waals surface area contributed by atoms with Gasteiger partial charge in [-0.3, -0.25) is 4.79 Å². The van der Waals surface area contributed by atoms with Crippen LogP contribution in [0.1, 0.15) is 33.5 Å². The molecule has 0 spiro atoms. The topological polar surface area (TPSA) is 60.4 Å². The number of nitrogens with zero attached hydrogens (tertiary/aromatic N) is 1. The van der Waals surface area contributed by atoms with Gasteiger partial charge in [0.1, 0.15) is 0 Å². The largest absolute Gasteiger partial charge is 1.00 e.